The average molecular weight is 372 g/mol. The van der Waals surface area contributed by atoms with Gasteiger partial charge in [0.1, 0.15) is 5.52 Å². The first-order valence-corrected chi connectivity index (χ1v) is 9.36. The van der Waals surface area contributed by atoms with Crippen LogP contribution in [0.5, 0.6) is 0 Å². The third-order valence-electron chi connectivity index (χ3n) is 5.14. The van der Waals surface area contributed by atoms with Crippen molar-refractivity contribution in [3.05, 3.63) is 34.6 Å². The number of aliphatic carboxylic acids is 1. The van der Waals surface area contributed by atoms with Crippen LogP contribution in [0.15, 0.2) is 29.1 Å². The molecule has 3 rings (SSSR count). The summed E-state index contributed by atoms with van der Waals surface area (Å²) in [5, 5.41) is 20.2. The van der Waals surface area contributed by atoms with E-state index in [0.717, 1.165) is 25.7 Å². The van der Waals surface area contributed by atoms with E-state index in [1.165, 1.54) is 4.68 Å². The van der Waals surface area contributed by atoms with E-state index in [1.807, 2.05) is 12.1 Å². The molecule has 1 aliphatic carbocycles. The highest BCUT2D eigenvalue weighted by molar-refractivity contribution is 5.78. The van der Waals surface area contributed by atoms with E-state index in [9.17, 15) is 14.4 Å². The maximum Gasteiger partial charge on any atom is 0.303 e. The van der Waals surface area contributed by atoms with Crippen LogP contribution >= 0.6 is 0 Å². The lowest BCUT2D eigenvalue weighted by Gasteiger charge is -2.27. The quantitative estimate of drug-likeness (QED) is 0.713. The van der Waals surface area contributed by atoms with Crippen molar-refractivity contribution in [3.8, 4) is 0 Å². The molecule has 1 aromatic heterocycles. The molecule has 0 spiro atoms. The monoisotopic (exact) mass is 372 g/mol. The van der Waals surface area contributed by atoms with Gasteiger partial charge in [0.05, 0.1) is 5.39 Å². The highest BCUT2D eigenvalue weighted by Crippen LogP contribution is 2.29. The lowest BCUT2D eigenvalue weighted by molar-refractivity contribution is -0.137. The van der Waals surface area contributed by atoms with Crippen molar-refractivity contribution in [1.29, 1.82) is 0 Å². The van der Waals surface area contributed by atoms with Crippen LogP contribution in [0.25, 0.3) is 10.9 Å². The Labute approximate surface area is 156 Å². The molecule has 0 aliphatic heterocycles. The van der Waals surface area contributed by atoms with Crippen LogP contribution in [-0.4, -0.2) is 38.5 Å². The Balaban J connectivity index is 1.50. The predicted molar refractivity (Wildman–Crippen MR) is 99.1 cm³/mol. The molecule has 1 saturated carbocycles. The number of carboxylic acids is 1. The van der Waals surface area contributed by atoms with E-state index in [1.54, 1.807) is 12.1 Å². The second-order valence-electron chi connectivity index (χ2n) is 7.10. The fourth-order valence-corrected chi connectivity index (χ4v) is 3.59. The molecule has 27 heavy (non-hydrogen) atoms. The van der Waals surface area contributed by atoms with Crippen LogP contribution in [0.4, 0.5) is 0 Å². The molecule has 0 atom stereocenters. The normalized spacial score (nSPS) is 19.7. The van der Waals surface area contributed by atoms with Crippen LogP contribution in [0.1, 0.15) is 38.5 Å². The van der Waals surface area contributed by atoms with E-state index >= 15 is 0 Å². The molecule has 8 heteroatoms. The molecule has 144 valence electrons. The maximum absolute atomic E-state index is 12.5. The van der Waals surface area contributed by atoms with E-state index in [0.29, 0.717) is 36.3 Å². The Morgan fingerprint density at radius 2 is 1.93 bits per heavy atom. The molecular formula is C19H24N4O4. The summed E-state index contributed by atoms with van der Waals surface area (Å²) in [5.74, 6) is -0.585. The molecule has 0 saturated heterocycles. The van der Waals surface area contributed by atoms with Gasteiger partial charge >= 0.3 is 5.97 Å². The summed E-state index contributed by atoms with van der Waals surface area (Å²) in [5.41, 5.74) is 0.473. The number of hydrogen-bond donors (Lipinski definition) is 2. The van der Waals surface area contributed by atoms with Gasteiger partial charge in [-0.05, 0) is 50.2 Å². The summed E-state index contributed by atoms with van der Waals surface area (Å²) < 4.78 is 1.43. The summed E-state index contributed by atoms with van der Waals surface area (Å²) >= 11 is 0. The number of amides is 1. The number of nitrogens with zero attached hydrogens (tertiary/aromatic N) is 3. The first-order valence-electron chi connectivity index (χ1n) is 9.36. The van der Waals surface area contributed by atoms with Gasteiger partial charge in [0.25, 0.3) is 5.56 Å². The molecule has 1 aliphatic rings. The van der Waals surface area contributed by atoms with Crippen molar-refractivity contribution in [3.63, 3.8) is 0 Å². The van der Waals surface area contributed by atoms with Gasteiger partial charge in [0.2, 0.25) is 5.91 Å². The second kappa shape index (κ2) is 8.75. The van der Waals surface area contributed by atoms with Gasteiger partial charge in [-0.25, -0.2) is 4.68 Å². The number of aromatic nitrogens is 3. The molecule has 2 N–H and O–H groups in total. The zero-order valence-corrected chi connectivity index (χ0v) is 15.1. The van der Waals surface area contributed by atoms with E-state index in [2.05, 4.69) is 15.6 Å². The summed E-state index contributed by atoms with van der Waals surface area (Å²) in [7, 11) is 0. The minimum absolute atomic E-state index is 0.00139. The summed E-state index contributed by atoms with van der Waals surface area (Å²) in [4.78, 5) is 35.2. The second-order valence-corrected chi connectivity index (χ2v) is 7.10. The summed E-state index contributed by atoms with van der Waals surface area (Å²) in [6.07, 6.45) is 3.76. The Kier molecular flexibility index (Phi) is 6.16. The number of carbonyl (C=O) groups is 2. The lowest BCUT2D eigenvalue weighted by Crippen LogP contribution is -2.35. The number of carboxylic acid groups (broad SMARTS) is 1. The number of rotatable bonds is 7. The first kappa shape index (κ1) is 19.0. The van der Waals surface area contributed by atoms with Crippen molar-refractivity contribution in [2.24, 2.45) is 11.8 Å². The van der Waals surface area contributed by atoms with Crippen molar-refractivity contribution < 1.29 is 14.7 Å². The third kappa shape index (κ3) is 4.90. The van der Waals surface area contributed by atoms with Crippen LogP contribution < -0.4 is 10.9 Å². The Bertz CT molecular complexity index is 871. The van der Waals surface area contributed by atoms with Gasteiger partial charge < -0.3 is 10.4 Å². The topological polar surface area (TPSA) is 114 Å². The van der Waals surface area contributed by atoms with Gasteiger partial charge in [-0.1, -0.05) is 17.3 Å². The highest BCUT2D eigenvalue weighted by atomic mass is 16.4. The molecule has 0 unspecified atom stereocenters. The third-order valence-corrected chi connectivity index (χ3v) is 5.14. The zero-order valence-electron chi connectivity index (χ0n) is 15.1. The van der Waals surface area contributed by atoms with Crippen LogP contribution in [0.2, 0.25) is 0 Å². The van der Waals surface area contributed by atoms with Gasteiger partial charge in [-0.3, -0.25) is 14.4 Å². The van der Waals surface area contributed by atoms with Crippen molar-refractivity contribution >= 4 is 22.8 Å². The van der Waals surface area contributed by atoms with Crippen molar-refractivity contribution in [1.82, 2.24) is 20.3 Å². The number of nitrogens with one attached hydrogen (secondary N) is 1. The molecule has 1 amide bonds. The van der Waals surface area contributed by atoms with E-state index < -0.39 is 5.97 Å². The Morgan fingerprint density at radius 3 is 2.67 bits per heavy atom. The lowest BCUT2D eigenvalue weighted by atomic mass is 9.81. The number of benzene rings is 1. The summed E-state index contributed by atoms with van der Waals surface area (Å²) in [6.45, 7) is 0.913. The summed E-state index contributed by atoms with van der Waals surface area (Å²) in [6, 6.07) is 7.17. The first-order chi connectivity index (χ1) is 13.0. The number of fused-ring (bicyclic) bond motifs is 1. The SMILES string of the molecule is O=C(O)CCCNC(=O)C1CCC(Cn2nnc3ccccc3c2=O)CC1. The predicted octanol–water partition coefficient (Wildman–Crippen LogP) is 1.58. The minimum atomic E-state index is -0.850. The molecule has 0 bridgehead atoms. The maximum atomic E-state index is 12.5. The van der Waals surface area contributed by atoms with Crippen molar-refractivity contribution in [2.75, 3.05) is 6.54 Å². The number of carbonyl (C=O) groups excluding carboxylic acids is 1. The van der Waals surface area contributed by atoms with Crippen molar-refractivity contribution in [2.45, 2.75) is 45.1 Å². The minimum Gasteiger partial charge on any atom is -0.481 e. The molecular weight excluding hydrogens is 348 g/mol. The number of hydrogen-bond acceptors (Lipinski definition) is 5. The average Bonchev–Trinajstić information content (AvgIpc) is 2.68. The zero-order chi connectivity index (χ0) is 19.2. The van der Waals surface area contributed by atoms with Gasteiger partial charge in [-0.15, -0.1) is 5.10 Å². The molecule has 1 fully saturated rings. The van der Waals surface area contributed by atoms with Gasteiger partial charge in [0, 0.05) is 25.4 Å². The molecule has 1 aromatic carbocycles. The largest absolute Gasteiger partial charge is 0.481 e. The van der Waals surface area contributed by atoms with Crippen LogP contribution in [0, 0.1) is 11.8 Å². The highest BCUT2D eigenvalue weighted by Gasteiger charge is 2.26. The van der Waals surface area contributed by atoms with E-state index in [4.69, 9.17) is 5.11 Å². The smallest absolute Gasteiger partial charge is 0.303 e. The fraction of sp³-hybridized carbons (Fsp3) is 0.526. The Morgan fingerprint density at radius 1 is 1.19 bits per heavy atom. The Hall–Kier alpha value is -2.77. The molecule has 1 heterocycles. The fourth-order valence-electron chi connectivity index (χ4n) is 3.59. The van der Waals surface area contributed by atoms with Crippen LogP contribution in [-0.2, 0) is 16.1 Å². The van der Waals surface area contributed by atoms with Gasteiger partial charge in [0.15, 0.2) is 0 Å². The standard InChI is InChI=1S/C19H24N4O4/c24-17(25)6-3-11-20-18(26)14-9-7-13(8-10-14)12-23-19(27)15-4-1-2-5-16(15)21-22-23/h1-2,4-5,13-14H,3,6-12H2,(H,20,26)(H,24,25). The molecule has 2 aromatic rings. The molecule has 0 radical (unpaired) electrons. The van der Waals surface area contributed by atoms with Crippen LogP contribution in [0.3, 0.4) is 0 Å². The molecule has 8 nitrogen and oxygen atoms in total. The van der Waals surface area contributed by atoms with Gasteiger partial charge in [-0.2, -0.15) is 0 Å². The van der Waals surface area contributed by atoms with E-state index in [-0.39, 0.29) is 23.8 Å².